The van der Waals surface area contributed by atoms with Crippen molar-refractivity contribution in [1.29, 1.82) is 0 Å². The highest BCUT2D eigenvalue weighted by Gasteiger charge is 2.23. The average Bonchev–Trinajstić information content (AvgIpc) is 2.43. The SMILES string of the molecule is CNCC(c1c(OC)cc(OC)cc1OC)N(C)C. The summed E-state index contributed by atoms with van der Waals surface area (Å²) in [7, 11) is 10.9. The maximum absolute atomic E-state index is 5.49. The van der Waals surface area contributed by atoms with Crippen LogP contribution in [0, 0.1) is 0 Å². The van der Waals surface area contributed by atoms with Gasteiger partial charge >= 0.3 is 0 Å². The third kappa shape index (κ3) is 3.52. The van der Waals surface area contributed by atoms with Gasteiger partial charge < -0.3 is 24.4 Å². The van der Waals surface area contributed by atoms with Crippen LogP contribution < -0.4 is 19.5 Å². The Labute approximate surface area is 115 Å². The van der Waals surface area contributed by atoms with E-state index in [4.69, 9.17) is 14.2 Å². The molecule has 0 aromatic heterocycles. The first-order valence-electron chi connectivity index (χ1n) is 6.19. The minimum absolute atomic E-state index is 0.154. The molecule has 1 unspecified atom stereocenters. The molecule has 5 nitrogen and oxygen atoms in total. The molecule has 5 heteroatoms. The molecule has 1 aromatic rings. The number of nitrogens with zero attached hydrogens (tertiary/aromatic N) is 1. The summed E-state index contributed by atoms with van der Waals surface area (Å²) in [5.41, 5.74) is 1.02. The monoisotopic (exact) mass is 268 g/mol. The van der Waals surface area contributed by atoms with Crippen LogP contribution in [0.15, 0.2) is 12.1 Å². The molecule has 0 aliphatic rings. The third-order valence-electron chi connectivity index (χ3n) is 3.11. The number of rotatable bonds is 7. The number of hydrogen-bond donors (Lipinski definition) is 1. The lowest BCUT2D eigenvalue weighted by atomic mass is 10.0. The van der Waals surface area contributed by atoms with Crippen LogP contribution in [-0.4, -0.2) is 53.9 Å². The molecule has 1 aromatic carbocycles. The van der Waals surface area contributed by atoms with Gasteiger partial charge in [-0.3, -0.25) is 0 Å². The molecule has 1 N–H and O–H groups in total. The predicted molar refractivity (Wildman–Crippen MR) is 76.5 cm³/mol. The minimum atomic E-state index is 0.154. The number of methoxy groups -OCH3 is 3. The lowest BCUT2D eigenvalue weighted by molar-refractivity contribution is 0.272. The van der Waals surface area contributed by atoms with E-state index >= 15 is 0 Å². The van der Waals surface area contributed by atoms with Crippen molar-refractivity contribution < 1.29 is 14.2 Å². The Morgan fingerprint density at radius 2 is 1.58 bits per heavy atom. The molecule has 1 atom stereocenters. The molecular formula is C14H24N2O3. The second-order valence-corrected chi connectivity index (χ2v) is 4.48. The van der Waals surface area contributed by atoms with Crippen LogP contribution in [0.5, 0.6) is 17.2 Å². The molecular weight excluding hydrogens is 244 g/mol. The largest absolute Gasteiger partial charge is 0.496 e. The number of ether oxygens (including phenoxy) is 3. The van der Waals surface area contributed by atoms with Gasteiger partial charge in [0.25, 0.3) is 0 Å². The average molecular weight is 268 g/mol. The first-order chi connectivity index (χ1) is 9.08. The van der Waals surface area contributed by atoms with E-state index in [0.29, 0.717) is 0 Å². The van der Waals surface area contributed by atoms with E-state index in [1.165, 1.54) is 0 Å². The molecule has 0 heterocycles. The zero-order valence-electron chi connectivity index (χ0n) is 12.6. The second kappa shape index (κ2) is 7.21. The lowest BCUT2D eigenvalue weighted by Gasteiger charge is -2.28. The standard InChI is InChI=1S/C14H24N2O3/c1-15-9-11(16(2)3)14-12(18-5)7-10(17-4)8-13(14)19-6/h7-8,11,15H,9H2,1-6H3. The Hall–Kier alpha value is -1.46. The van der Waals surface area contributed by atoms with E-state index in [1.54, 1.807) is 21.3 Å². The molecule has 0 radical (unpaired) electrons. The molecule has 0 aliphatic carbocycles. The first kappa shape index (κ1) is 15.6. The van der Waals surface area contributed by atoms with Gasteiger partial charge in [0.2, 0.25) is 0 Å². The van der Waals surface area contributed by atoms with Crippen molar-refractivity contribution >= 4 is 0 Å². The quantitative estimate of drug-likeness (QED) is 0.812. The maximum Gasteiger partial charge on any atom is 0.131 e. The summed E-state index contributed by atoms with van der Waals surface area (Å²) >= 11 is 0. The number of benzene rings is 1. The fourth-order valence-electron chi connectivity index (χ4n) is 2.10. The molecule has 0 saturated carbocycles. The lowest BCUT2D eigenvalue weighted by Crippen LogP contribution is -2.30. The topological polar surface area (TPSA) is 43.0 Å². The van der Waals surface area contributed by atoms with Gasteiger partial charge in [-0.2, -0.15) is 0 Å². The highest BCUT2D eigenvalue weighted by Crippen LogP contribution is 2.39. The van der Waals surface area contributed by atoms with Crippen molar-refractivity contribution in [2.75, 3.05) is 49.0 Å². The van der Waals surface area contributed by atoms with Crippen LogP contribution in [0.1, 0.15) is 11.6 Å². The molecule has 1 rings (SSSR count). The van der Waals surface area contributed by atoms with Gasteiger partial charge in [0.05, 0.1) is 32.9 Å². The molecule has 0 aliphatic heterocycles. The summed E-state index contributed by atoms with van der Waals surface area (Å²) in [5, 5.41) is 3.19. The van der Waals surface area contributed by atoms with Crippen molar-refractivity contribution in [2.24, 2.45) is 0 Å². The highest BCUT2D eigenvalue weighted by molar-refractivity contribution is 5.52. The first-order valence-corrected chi connectivity index (χ1v) is 6.19. The van der Waals surface area contributed by atoms with Gasteiger partial charge in [-0.15, -0.1) is 0 Å². The normalized spacial score (nSPS) is 12.4. The predicted octanol–water partition coefficient (Wildman–Crippen LogP) is 1.53. The summed E-state index contributed by atoms with van der Waals surface area (Å²) in [6.45, 7) is 0.798. The Morgan fingerprint density at radius 1 is 1.05 bits per heavy atom. The zero-order chi connectivity index (χ0) is 14.4. The van der Waals surface area contributed by atoms with Gasteiger partial charge in [-0.25, -0.2) is 0 Å². The molecule has 0 bridgehead atoms. The summed E-state index contributed by atoms with van der Waals surface area (Å²) in [6, 6.07) is 3.91. The van der Waals surface area contributed by atoms with Gasteiger partial charge in [0, 0.05) is 18.7 Å². The second-order valence-electron chi connectivity index (χ2n) is 4.48. The van der Waals surface area contributed by atoms with Gasteiger partial charge in [0.1, 0.15) is 17.2 Å². The van der Waals surface area contributed by atoms with Crippen LogP contribution in [0.2, 0.25) is 0 Å². The zero-order valence-corrected chi connectivity index (χ0v) is 12.6. The van der Waals surface area contributed by atoms with E-state index in [1.807, 2.05) is 33.3 Å². The Balaban J connectivity index is 3.36. The van der Waals surface area contributed by atoms with Gasteiger partial charge in [-0.1, -0.05) is 0 Å². The highest BCUT2D eigenvalue weighted by atomic mass is 16.5. The number of hydrogen-bond acceptors (Lipinski definition) is 5. The minimum Gasteiger partial charge on any atom is -0.496 e. The molecule has 19 heavy (non-hydrogen) atoms. The van der Waals surface area contributed by atoms with Crippen molar-refractivity contribution in [3.63, 3.8) is 0 Å². The van der Waals surface area contributed by atoms with Crippen LogP contribution >= 0.6 is 0 Å². The molecule has 0 amide bonds. The van der Waals surface area contributed by atoms with Gasteiger partial charge in [0.15, 0.2) is 0 Å². The van der Waals surface area contributed by atoms with Crippen LogP contribution in [-0.2, 0) is 0 Å². The fourth-order valence-corrected chi connectivity index (χ4v) is 2.10. The Kier molecular flexibility index (Phi) is 5.92. The van der Waals surface area contributed by atoms with Crippen LogP contribution in [0.4, 0.5) is 0 Å². The van der Waals surface area contributed by atoms with Crippen LogP contribution in [0.25, 0.3) is 0 Å². The van der Waals surface area contributed by atoms with E-state index < -0.39 is 0 Å². The van der Waals surface area contributed by atoms with Crippen LogP contribution in [0.3, 0.4) is 0 Å². The third-order valence-corrected chi connectivity index (χ3v) is 3.11. The molecule has 0 spiro atoms. The van der Waals surface area contributed by atoms with Crippen molar-refractivity contribution in [1.82, 2.24) is 10.2 Å². The number of nitrogens with one attached hydrogen (secondary N) is 1. The summed E-state index contributed by atoms with van der Waals surface area (Å²) in [4.78, 5) is 2.13. The van der Waals surface area contributed by atoms with Crippen molar-refractivity contribution in [3.8, 4) is 17.2 Å². The Bertz CT molecular complexity index is 383. The molecule has 0 saturated heterocycles. The summed E-state index contributed by atoms with van der Waals surface area (Å²) in [5.74, 6) is 2.26. The van der Waals surface area contributed by atoms with Gasteiger partial charge in [-0.05, 0) is 21.1 Å². The van der Waals surface area contributed by atoms with E-state index in [-0.39, 0.29) is 6.04 Å². The number of likely N-dealkylation sites (N-methyl/N-ethyl adjacent to an activating group) is 2. The van der Waals surface area contributed by atoms with Crippen molar-refractivity contribution in [2.45, 2.75) is 6.04 Å². The van der Waals surface area contributed by atoms with Crippen molar-refractivity contribution in [3.05, 3.63) is 17.7 Å². The molecule has 108 valence electrons. The molecule has 0 fully saturated rings. The Morgan fingerprint density at radius 3 is 1.89 bits per heavy atom. The van der Waals surface area contributed by atoms with E-state index in [0.717, 1.165) is 29.4 Å². The summed E-state index contributed by atoms with van der Waals surface area (Å²) in [6.07, 6.45) is 0. The smallest absolute Gasteiger partial charge is 0.131 e. The van der Waals surface area contributed by atoms with E-state index in [2.05, 4.69) is 10.2 Å². The van der Waals surface area contributed by atoms with E-state index in [9.17, 15) is 0 Å². The maximum atomic E-state index is 5.49. The summed E-state index contributed by atoms with van der Waals surface area (Å²) < 4.78 is 16.3. The fraction of sp³-hybridized carbons (Fsp3) is 0.571.